The number of nitrogens with zero attached hydrogens (tertiary/aromatic N) is 1. The van der Waals surface area contributed by atoms with E-state index < -0.39 is 0 Å². The molecule has 1 aromatic heterocycles. The molecule has 2 nitrogen and oxygen atoms in total. The van der Waals surface area contributed by atoms with E-state index in [1.807, 2.05) is 12.1 Å². The van der Waals surface area contributed by atoms with Gasteiger partial charge in [0, 0.05) is 18.3 Å². The van der Waals surface area contributed by atoms with Crippen LogP contribution in [0.2, 0.25) is 0 Å². The Morgan fingerprint density at radius 2 is 2.64 bits per heavy atom. The van der Waals surface area contributed by atoms with E-state index in [0.29, 0.717) is 6.04 Å². The van der Waals surface area contributed by atoms with Gasteiger partial charge in [0.2, 0.25) is 0 Å². The van der Waals surface area contributed by atoms with E-state index in [1.165, 1.54) is 12.8 Å². The van der Waals surface area contributed by atoms with E-state index >= 15 is 0 Å². The van der Waals surface area contributed by atoms with Crippen LogP contribution < -0.4 is 5.32 Å². The molecule has 0 bridgehead atoms. The number of nitrogens with one attached hydrogen (secondary N) is 1. The number of hydrogen-bond donors (Lipinski definition) is 1. The summed E-state index contributed by atoms with van der Waals surface area (Å²) in [7, 11) is 0. The largest absolute Gasteiger partial charge is 0.309 e. The summed E-state index contributed by atoms with van der Waals surface area (Å²) in [5.74, 6) is 0. The van der Waals surface area contributed by atoms with Gasteiger partial charge in [-0.3, -0.25) is 4.98 Å². The third kappa shape index (κ3) is 1.40. The highest BCUT2D eigenvalue weighted by atomic mass is 15.0. The summed E-state index contributed by atoms with van der Waals surface area (Å²) in [5.41, 5.74) is 1.15. The second-order valence-corrected chi connectivity index (χ2v) is 2.83. The number of hydrogen-bond acceptors (Lipinski definition) is 2. The average Bonchev–Trinajstić information content (AvgIpc) is 2.58. The Morgan fingerprint density at radius 1 is 1.64 bits per heavy atom. The number of aromatic nitrogens is 1. The van der Waals surface area contributed by atoms with Crippen molar-refractivity contribution in [1.82, 2.24) is 10.3 Å². The lowest BCUT2D eigenvalue weighted by molar-refractivity contribution is 0.628. The fourth-order valence-electron chi connectivity index (χ4n) is 1.47. The van der Waals surface area contributed by atoms with Crippen molar-refractivity contribution in [2.24, 2.45) is 0 Å². The van der Waals surface area contributed by atoms with Crippen molar-refractivity contribution >= 4 is 0 Å². The van der Waals surface area contributed by atoms with E-state index in [-0.39, 0.29) is 0 Å². The first kappa shape index (κ1) is 6.80. The van der Waals surface area contributed by atoms with Gasteiger partial charge in [0.1, 0.15) is 0 Å². The van der Waals surface area contributed by atoms with Gasteiger partial charge in [-0.05, 0) is 25.5 Å². The highest BCUT2D eigenvalue weighted by Crippen LogP contribution is 2.19. The number of rotatable bonds is 1. The van der Waals surface area contributed by atoms with E-state index in [4.69, 9.17) is 0 Å². The van der Waals surface area contributed by atoms with Crippen LogP contribution in [-0.2, 0) is 0 Å². The van der Waals surface area contributed by atoms with E-state index in [9.17, 15) is 0 Å². The van der Waals surface area contributed by atoms with Crippen LogP contribution in [0.15, 0.2) is 18.3 Å². The molecule has 1 fully saturated rings. The van der Waals surface area contributed by atoms with Crippen molar-refractivity contribution in [3.8, 4) is 0 Å². The second-order valence-electron chi connectivity index (χ2n) is 2.83. The zero-order chi connectivity index (χ0) is 7.52. The average molecular weight is 147 g/mol. The summed E-state index contributed by atoms with van der Waals surface area (Å²) in [5, 5.41) is 3.40. The third-order valence-corrected chi connectivity index (χ3v) is 2.06. The molecule has 1 radical (unpaired) electrons. The SMILES string of the molecule is [c]1ccc(C2CCCN2)nc1. The third-order valence-electron chi connectivity index (χ3n) is 2.06. The van der Waals surface area contributed by atoms with Gasteiger partial charge in [0.15, 0.2) is 0 Å². The lowest BCUT2D eigenvalue weighted by Gasteiger charge is -2.07. The first-order valence-electron chi connectivity index (χ1n) is 4.02. The normalized spacial score (nSPS) is 23.8. The van der Waals surface area contributed by atoms with Crippen molar-refractivity contribution in [3.05, 3.63) is 30.1 Å². The molecule has 1 atom stereocenters. The maximum Gasteiger partial charge on any atom is 0.0573 e. The number of pyridine rings is 1. The van der Waals surface area contributed by atoms with Crippen LogP contribution in [0, 0.1) is 6.07 Å². The van der Waals surface area contributed by atoms with Crippen molar-refractivity contribution in [3.63, 3.8) is 0 Å². The van der Waals surface area contributed by atoms with Crippen molar-refractivity contribution in [2.75, 3.05) is 6.54 Å². The summed E-state index contributed by atoms with van der Waals surface area (Å²) in [6, 6.07) is 7.36. The Hall–Kier alpha value is -0.890. The minimum absolute atomic E-state index is 0.490. The quantitative estimate of drug-likeness (QED) is 0.647. The Bertz CT molecular complexity index is 214. The molecule has 1 unspecified atom stereocenters. The van der Waals surface area contributed by atoms with Gasteiger partial charge in [-0.25, -0.2) is 0 Å². The maximum atomic E-state index is 4.24. The highest BCUT2D eigenvalue weighted by molar-refractivity contribution is 5.08. The summed E-state index contributed by atoms with van der Waals surface area (Å²) < 4.78 is 0. The van der Waals surface area contributed by atoms with Gasteiger partial charge in [-0.2, -0.15) is 0 Å². The molecule has 2 heteroatoms. The topological polar surface area (TPSA) is 24.9 Å². The Balaban J connectivity index is 2.16. The van der Waals surface area contributed by atoms with E-state index in [2.05, 4.69) is 16.4 Å². The first-order chi connectivity index (χ1) is 5.47. The lowest BCUT2D eigenvalue weighted by Crippen LogP contribution is -2.13. The fourth-order valence-corrected chi connectivity index (χ4v) is 1.47. The fraction of sp³-hybridized carbons (Fsp3) is 0.444. The molecule has 1 N–H and O–H groups in total. The van der Waals surface area contributed by atoms with E-state index in [1.54, 1.807) is 6.20 Å². The zero-order valence-corrected chi connectivity index (χ0v) is 6.38. The van der Waals surface area contributed by atoms with Crippen LogP contribution in [0.5, 0.6) is 0 Å². The molecule has 2 rings (SSSR count). The molecule has 1 saturated heterocycles. The summed E-state index contributed by atoms with van der Waals surface area (Å²) in [6.45, 7) is 1.13. The maximum absolute atomic E-state index is 4.24. The molecule has 0 saturated carbocycles. The minimum atomic E-state index is 0.490. The van der Waals surface area contributed by atoms with Gasteiger partial charge in [-0.1, -0.05) is 6.07 Å². The predicted octanol–water partition coefficient (Wildman–Crippen LogP) is 1.31. The van der Waals surface area contributed by atoms with Crippen LogP contribution in [-0.4, -0.2) is 11.5 Å². The highest BCUT2D eigenvalue weighted by Gasteiger charge is 2.15. The van der Waals surface area contributed by atoms with Gasteiger partial charge in [0.05, 0.1) is 5.69 Å². The molecule has 0 aliphatic carbocycles. The molecule has 57 valence electrons. The molecular formula is C9H11N2. The Morgan fingerprint density at radius 3 is 3.27 bits per heavy atom. The molecule has 1 aromatic rings. The Labute approximate surface area is 66.7 Å². The smallest absolute Gasteiger partial charge is 0.0573 e. The van der Waals surface area contributed by atoms with E-state index in [0.717, 1.165) is 12.2 Å². The standard InChI is InChI=1S/C9H11N2/c1-2-6-10-8(4-1)9-5-3-7-11-9/h1,4,6,9,11H,3,5,7H2. The van der Waals surface area contributed by atoms with Crippen LogP contribution in [0.4, 0.5) is 0 Å². The van der Waals surface area contributed by atoms with Gasteiger partial charge < -0.3 is 5.32 Å². The predicted molar refractivity (Wildman–Crippen MR) is 43.1 cm³/mol. The monoisotopic (exact) mass is 147 g/mol. The molecule has 1 aliphatic rings. The second kappa shape index (κ2) is 3.01. The molecule has 0 amide bonds. The van der Waals surface area contributed by atoms with Crippen molar-refractivity contribution in [1.29, 1.82) is 0 Å². The summed E-state index contributed by atoms with van der Waals surface area (Å²) >= 11 is 0. The van der Waals surface area contributed by atoms with Crippen LogP contribution >= 0.6 is 0 Å². The molecule has 2 heterocycles. The van der Waals surface area contributed by atoms with Crippen LogP contribution in [0.1, 0.15) is 24.6 Å². The molecular weight excluding hydrogens is 136 g/mol. The van der Waals surface area contributed by atoms with Gasteiger partial charge >= 0.3 is 0 Å². The molecule has 0 spiro atoms. The molecule has 11 heavy (non-hydrogen) atoms. The first-order valence-corrected chi connectivity index (χ1v) is 4.02. The Kier molecular flexibility index (Phi) is 1.86. The van der Waals surface area contributed by atoms with Gasteiger partial charge in [-0.15, -0.1) is 0 Å². The van der Waals surface area contributed by atoms with Crippen molar-refractivity contribution in [2.45, 2.75) is 18.9 Å². The lowest BCUT2D eigenvalue weighted by atomic mass is 10.1. The molecule has 0 aromatic carbocycles. The van der Waals surface area contributed by atoms with Gasteiger partial charge in [0.25, 0.3) is 0 Å². The summed E-state index contributed by atoms with van der Waals surface area (Å²) in [6.07, 6.45) is 4.22. The van der Waals surface area contributed by atoms with Crippen LogP contribution in [0.3, 0.4) is 0 Å². The molecule has 1 aliphatic heterocycles. The zero-order valence-electron chi connectivity index (χ0n) is 6.38. The minimum Gasteiger partial charge on any atom is -0.309 e. The summed E-state index contributed by atoms with van der Waals surface area (Å²) in [4.78, 5) is 4.24. The van der Waals surface area contributed by atoms with Crippen LogP contribution in [0.25, 0.3) is 0 Å². The van der Waals surface area contributed by atoms with Crippen molar-refractivity contribution < 1.29 is 0 Å².